The van der Waals surface area contributed by atoms with E-state index >= 15 is 0 Å². The number of hydrogen-bond acceptors (Lipinski definition) is 5. The van der Waals surface area contributed by atoms with Crippen LogP contribution in [-0.4, -0.2) is 38.2 Å². The first kappa shape index (κ1) is 20.5. The summed E-state index contributed by atoms with van der Waals surface area (Å²) in [5.74, 6) is -0.394. The predicted octanol–water partition coefficient (Wildman–Crippen LogP) is 2.13. The second-order valence-corrected chi connectivity index (χ2v) is 9.42. The van der Waals surface area contributed by atoms with Crippen molar-refractivity contribution in [3.8, 4) is 0 Å². The first-order valence-corrected chi connectivity index (χ1v) is 11.4. The number of benzene rings is 1. The molecule has 0 spiro atoms. The number of sulfonamides is 1. The molecule has 0 bridgehead atoms. The molecule has 2 amide bonds. The Morgan fingerprint density at radius 2 is 1.96 bits per heavy atom. The van der Waals surface area contributed by atoms with Crippen LogP contribution in [0.25, 0.3) is 0 Å². The number of nitrogens with two attached hydrogens (primary N) is 1. The SMILES string of the molecule is CC(NC(=O)C1CCCN(C(=O)c2cccs2)C1)c1ccc(S(N)(=O)=O)cc1. The summed E-state index contributed by atoms with van der Waals surface area (Å²) in [7, 11) is -3.74. The Morgan fingerprint density at radius 3 is 2.57 bits per heavy atom. The van der Waals surface area contributed by atoms with Gasteiger partial charge in [-0.1, -0.05) is 18.2 Å². The van der Waals surface area contributed by atoms with Crippen molar-refractivity contribution in [3.05, 3.63) is 52.2 Å². The first-order chi connectivity index (χ1) is 13.3. The smallest absolute Gasteiger partial charge is 0.263 e. The van der Waals surface area contributed by atoms with Gasteiger partial charge in [0.15, 0.2) is 0 Å². The summed E-state index contributed by atoms with van der Waals surface area (Å²) in [4.78, 5) is 27.7. The zero-order chi connectivity index (χ0) is 20.3. The molecule has 3 rings (SSSR count). The van der Waals surface area contributed by atoms with Gasteiger partial charge < -0.3 is 10.2 Å². The molecule has 2 atom stereocenters. The van der Waals surface area contributed by atoms with Gasteiger partial charge in [-0.25, -0.2) is 13.6 Å². The molecular formula is C19H23N3O4S2. The van der Waals surface area contributed by atoms with Gasteiger partial charge in [0, 0.05) is 13.1 Å². The van der Waals surface area contributed by atoms with Gasteiger partial charge in [0.1, 0.15) is 0 Å². The molecule has 150 valence electrons. The van der Waals surface area contributed by atoms with Crippen molar-refractivity contribution in [2.45, 2.75) is 30.7 Å². The molecule has 0 aliphatic carbocycles. The minimum Gasteiger partial charge on any atom is -0.349 e. The molecule has 0 saturated carbocycles. The number of nitrogens with one attached hydrogen (secondary N) is 1. The molecular weight excluding hydrogens is 398 g/mol. The van der Waals surface area contributed by atoms with E-state index < -0.39 is 10.0 Å². The van der Waals surface area contributed by atoms with Crippen molar-refractivity contribution >= 4 is 33.2 Å². The van der Waals surface area contributed by atoms with Gasteiger partial charge in [0.2, 0.25) is 15.9 Å². The highest BCUT2D eigenvalue weighted by Gasteiger charge is 2.30. The number of primary sulfonamides is 1. The second kappa shape index (κ2) is 8.42. The van der Waals surface area contributed by atoms with Crippen molar-refractivity contribution in [1.29, 1.82) is 0 Å². The predicted molar refractivity (Wildman–Crippen MR) is 107 cm³/mol. The van der Waals surface area contributed by atoms with E-state index in [0.717, 1.165) is 18.4 Å². The minimum absolute atomic E-state index is 0.0286. The van der Waals surface area contributed by atoms with E-state index in [0.29, 0.717) is 18.0 Å². The van der Waals surface area contributed by atoms with E-state index in [1.807, 2.05) is 18.4 Å². The molecule has 1 aliphatic rings. The number of likely N-dealkylation sites (tertiary alicyclic amines) is 1. The van der Waals surface area contributed by atoms with E-state index in [2.05, 4.69) is 5.32 Å². The van der Waals surface area contributed by atoms with Crippen molar-refractivity contribution < 1.29 is 18.0 Å². The van der Waals surface area contributed by atoms with Gasteiger partial charge in [-0.15, -0.1) is 11.3 Å². The second-order valence-electron chi connectivity index (χ2n) is 6.91. The molecule has 28 heavy (non-hydrogen) atoms. The van der Waals surface area contributed by atoms with Crippen LogP contribution in [0.4, 0.5) is 0 Å². The van der Waals surface area contributed by atoms with E-state index in [1.54, 1.807) is 23.1 Å². The van der Waals surface area contributed by atoms with Crippen LogP contribution in [-0.2, 0) is 14.8 Å². The number of carbonyl (C=O) groups is 2. The molecule has 9 heteroatoms. The maximum Gasteiger partial charge on any atom is 0.263 e. The summed E-state index contributed by atoms with van der Waals surface area (Å²) in [6, 6.07) is 9.48. The average molecular weight is 422 g/mol. The summed E-state index contributed by atoms with van der Waals surface area (Å²) >= 11 is 1.40. The Kier molecular flexibility index (Phi) is 6.17. The molecule has 1 aromatic heterocycles. The number of hydrogen-bond donors (Lipinski definition) is 2. The van der Waals surface area contributed by atoms with Gasteiger partial charge in [-0.2, -0.15) is 0 Å². The van der Waals surface area contributed by atoms with Crippen molar-refractivity contribution in [2.75, 3.05) is 13.1 Å². The largest absolute Gasteiger partial charge is 0.349 e. The van der Waals surface area contributed by atoms with Crippen LogP contribution >= 0.6 is 11.3 Å². The lowest BCUT2D eigenvalue weighted by Gasteiger charge is -2.32. The summed E-state index contributed by atoms with van der Waals surface area (Å²) in [5.41, 5.74) is 0.781. The Bertz CT molecular complexity index is 940. The van der Waals surface area contributed by atoms with Crippen LogP contribution in [0, 0.1) is 5.92 Å². The molecule has 2 aromatic rings. The Hall–Kier alpha value is -2.23. The molecule has 1 aromatic carbocycles. The summed E-state index contributed by atoms with van der Waals surface area (Å²) in [6.07, 6.45) is 1.52. The standard InChI is InChI=1S/C19H23N3O4S2/c1-13(14-6-8-16(9-7-14)28(20,25)26)21-18(23)15-4-2-10-22(12-15)19(24)17-5-3-11-27-17/h3,5-9,11,13,15H,2,4,10,12H2,1H3,(H,21,23)(H2,20,25,26). The van der Waals surface area contributed by atoms with Crippen molar-refractivity contribution in [2.24, 2.45) is 11.1 Å². The first-order valence-electron chi connectivity index (χ1n) is 9.01. The van der Waals surface area contributed by atoms with Crippen LogP contribution in [0.1, 0.15) is 41.0 Å². The van der Waals surface area contributed by atoms with E-state index in [4.69, 9.17) is 5.14 Å². The van der Waals surface area contributed by atoms with Crippen LogP contribution in [0.2, 0.25) is 0 Å². The minimum atomic E-state index is -3.74. The highest BCUT2D eigenvalue weighted by molar-refractivity contribution is 7.89. The maximum absolute atomic E-state index is 12.7. The molecule has 3 N–H and O–H groups in total. The molecule has 1 aliphatic heterocycles. The van der Waals surface area contributed by atoms with Crippen LogP contribution < -0.4 is 10.5 Å². The van der Waals surface area contributed by atoms with Crippen LogP contribution in [0.5, 0.6) is 0 Å². The summed E-state index contributed by atoms with van der Waals surface area (Å²) in [6.45, 7) is 2.89. The fourth-order valence-electron chi connectivity index (χ4n) is 3.29. The van der Waals surface area contributed by atoms with Crippen molar-refractivity contribution in [1.82, 2.24) is 10.2 Å². The number of nitrogens with zero attached hydrogens (tertiary/aromatic N) is 1. The topological polar surface area (TPSA) is 110 Å². The van der Waals surface area contributed by atoms with Gasteiger partial charge in [0.25, 0.3) is 5.91 Å². The molecule has 7 nitrogen and oxygen atoms in total. The molecule has 2 unspecified atom stereocenters. The zero-order valence-electron chi connectivity index (χ0n) is 15.5. The van der Waals surface area contributed by atoms with Gasteiger partial charge >= 0.3 is 0 Å². The number of piperidine rings is 1. The van der Waals surface area contributed by atoms with Gasteiger partial charge in [-0.05, 0) is 48.9 Å². The lowest BCUT2D eigenvalue weighted by Crippen LogP contribution is -2.45. The summed E-state index contributed by atoms with van der Waals surface area (Å²) in [5, 5.41) is 9.93. The molecule has 1 fully saturated rings. The summed E-state index contributed by atoms with van der Waals surface area (Å²) < 4.78 is 22.7. The number of carbonyl (C=O) groups excluding carboxylic acids is 2. The maximum atomic E-state index is 12.7. The van der Waals surface area contributed by atoms with Gasteiger partial charge in [-0.3, -0.25) is 9.59 Å². The Morgan fingerprint density at radius 1 is 1.25 bits per heavy atom. The lowest BCUT2D eigenvalue weighted by molar-refractivity contribution is -0.127. The highest BCUT2D eigenvalue weighted by Crippen LogP contribution is 2.22. The van der Waals surface area contributed by atoms with E-state index in [-0.39, 0.29) is 28.7 Å². The zero-order valence-corrected chi connectivity index (χ0v) is 17.1. The molecule has 0 radical (unpaired) electrons. The van der Waals surface area contributed by atoms with Crippen molar-refractivity contribution in [3.63, 3.8) is 0 Å². The average Bonchev–Trinajstić information content (AvgIpc) is 3.21. The fourth-order valence-corrected chi connectivity index (χ4v) is 4.50. The highest BCUT2D eigenvalue weighted by atomic mass is 32.2. The molecule has 1 saturated heterocycles. The normalized spacial score (nSPS) is 18.5. The van der Waals surface area contributed by atoms with Gasteiger partial charge in [0.05, 0.1) is 21.7 Å². The monoisotopic (exact) mass is 421 g/mol. The van der Waals surface area contributed by atoms with Crippen LogP contribution in [0.15, 0.2) is 46.7 Å². The van der Waals surface area contributed by atoms with E-state index in [9.17, 15) is 18.0 Å². The lowest BCUT2D eigenvalue weighted by atomic mass is 9.96. The Balaban J connectivity index is 1.61. The third-order valence-electron chi connectivity index (χ3n) is 4.88. The third-order valence-corrected chi connectivity index (χ3v) is 6.67. The quantitative estimate of drug-likeness (QED) is 0.770. The number of amides is 2. The Labute approximate surface area is 168 Å². The molecule has 2 heterocycles. The number of thiophene rings is 1. The van der Waals surface area contributed by atoms with Crippen LogP contribution in [0.3, 0.4) is 0 Å². The number of rotatable bonds is 5. The third kappa shape index (κ3) is 4.78. The fraction of sp³-hybridized carbons (Fsp3) is 0.368. The van der Waals surface area contributed by atoms with E-state index in [1.165, 1.54) is 23.5 Å².